The topological polar surface area (TPSA) is 105 Å². The molecule has 1 aliphatic rings. The molecule has 2 N–H and O–H groups in total. The van der Waals surface area contributed by atoms with Crippen molar-refractivity contribution >= 4 is 33.2 Å². The van der Waals surface area contributed by atoms with E-state index < -0.39 is 15.9 Å². The van der Waals surface area contributed by atoms with Gasteiger partial charge in [-0.15, -0.1) is 0 Å². The van der Waals surface area contributed by atoms with Gasteiger partial charge in [0.1, 0.15) is 5.75 Å². The number of carbonyl (C=O) groups excluding carboxylic acids is 2. The monoisotopic (exact) mass is 445 g/mol. The molecule has 1 aliphatic heterocycles. The third-order valence-corrected chi connectivity index (χ3v) is 6.33. The fourth-order valence-corrected chi connectivity index (χ4v) is 4.32. The molecule has 8 nitrogen and oxygen atoms in total. The Morgan fingerprint density at radius 2 is 1.65 bits per heavy atom. The van der Waals surface area contributed by atoms with Gasteiger partial charge in [-0.05, 0) is 68.3 Å². The van der Waals surface area contributed by atoms with Gasteiger partial charge in [-0.1, -0.05) is 0 Å². The number of anilines is 2. The smallest absolute Gasteiger partial charge is 0.255 e. The molecule has 166 valence electrons. The zero-order valence-electron chi connectivity index (χ0n) is 17.6. The maximum absolute atomic E-state index is 12.6. The summed E-state index contributed by atoms with van der Waals surface area (Å²) in [6, 6.07) is 13.7. The number of carbonyl (C=O) groups is 2. The van der Waals surface area contributed by atoms with Crippen LogP contribution >= 0.6 is 0 Å². The molecule has 9 heteroatoms. The molecule has 1 atom stereocenters. The van der Waals surface area contributed by atoms with Crippen molar-refractivity contribution in [2.45, 2.75) is 19.8 Å². The van der Waals surface area contributed by atoms with Gasteiger partial charge in [-0.3, -0.25) is 9.59 Å². The standard InChI is InChI=1S/C22H27N3O5S/c1-3-30-20-12-10-19(11-13-20)23-21(26)16-6-8-18(9-7-16)24-22(27)17-5-4-14-25(15-17)31(2,28)29/h6-13,17H,3-5,14-15H2,1-2H3,(H,23,26)(H,24,27). The van der Waals surface area contributed by atoms with Gasteiger partial charge in [0.15, 0.2) is 0 Å². The normalized spacial score (nSPS) is 17.0. The van der Waals surface area contributed by atoms with Crippen molar-refractivity contribution in [3.63, 3.8) is 0 Å². The molecule has 0 saturated carbocycles. The molecule has 1 fully saturated rings. The second-order valence-corrected chi connectivity index (χ2v) is 9.42. The Kier molecular flexibility index (Phi) is 7.29. The van der Waals surface area contributed by atoms with Crippen molar-refractivity contribution in [1.29, 1.82) is 0 Å². The van der Waals surface area contributed by atoms with Crippen LogP contribution < -0.4 is 15.4 Å². The summed E-state index contributed by atoms with van der Waals surface area (Å²) in [7, 11) is -3.31. The van der Waals surface area contributed by atoms with Gasteiger partial charge in [0.2, 0.25) is 15.9 Å². The first-order valence-electron chi connectivity index (χ1n) is 10.2. The molecule has 0 aliphatic carbocycles. The van der Waals surface area contributed by atoms with Crippen LogP contribution in [0.15, 0.2) is 48.5 Å². The van der Waals surface area contributed by atoms with Crippen LogP contribution in [0.1, 0.15) is 30.1 Å². The predicted molar refractivity (Wildman–Crippen MR) is 120 cm³/mol. The quantitative estimate of drug-likeness (QED) is 0.682. The van der Waals surface area contributed by atoms with Crippen molar-refractivity contribution in [3.8, 4) is 5.75 Å². The summed E-state index contributed by atoms with van der Waals surface area (Å²) in [5.74, 6) is -0.151. The highest BCUT2D eigenvalue weighted by Crippen LogP contribution is 2.21. The number of nitrogens with zero attached hydrogens (tertiary/aromatic N) is 1. The third kappa shape index (κ3) is 6.28. The van der Waals surface area contributed by atoms with Crippen LogP contribution in [0.4, 0.5) is 11.4 Å². The number of nitrogens with one attached hydrogen (secondary N) is 2. The highest BCUT2D eigenvalue weighted by Gasteiger charge is 2.30. The summed E-state index contributed by atoms with van der Waals surface area (Å²) >= 11 is 0. The van der Waals surface area contributed by atoms with Crippen LogP contribution in [-0.2, 0) is 14.8 Å². The number of rotatable bonds is 7. The summed E-state index contributed by atoms with van der Waals surface area (Å²) in [5.41, 5.74) is 1.66. The highest BCUT2D eigenvalue weighted by atomic mass is 32.2. The Morgan fingerprint density at radius 1 is 1.03 bits per heavy atom. The summed E-state index contributed by atoms with van der Waals surface area (Å²) in [4.78, 5) is 25.0. The molecule has 3 rings (SSSR count). The molecule has 2 amide bonds. The predicted octanol–water partition coefficient (Wildman–Crippen LogP) is 2.95. The number of piperidine rings is 1. The minimum absolute atomic E-state index is 0.188. The van der Waals surface area contributed by atoms with Crippen molar-refractivity contribution in [2.24, 2.45) is 5.92 Å². The van der Waals surface area contributed by atoms with E-state index in [1.165, 1.54) is 4.31 Å². The lowest BCUT2D eigenvalue weighted by Gasteiger charge is -2.30. The number of hydrogen-bond donors (Lipinski definition) is 2. The van der Waals surface area contributed by atoms with Gasteiger partial charge < -0.3 is 15.4 Å². The largest absolute Gasteiger partial charge is 0.494 e. The van der Waals surface area contributed by atoms with E-state index in [1.54, 1.807) is 48.5 Å². The molecule has 0 spiro atoms. The minimum Gasteiger partial charge on any atom is -0.494 e. The van der Waals surface area contributed by atoms with Crippen LogP contribution in [0.25, 0.3) is 0 Å². The first-order chi connectivity index (χ1) is 14.8. The number of sulfonamides is 1. The zero-order chi connectivity index (χ0) is 22.4. The van der Waals surface area contributed by atoms with Crippen LogP contribution in [0.3, 0.4) is 0 Å². The molecular formula is C22H27N3O5S. The molecular weight excluding hydrogens is 418 g/mol. The van der Waals surface area contributed by atoms with E-state index >= 15 is 0 Å². The minimum atomic E-state index is -3.31. The number of hydrogen-bond acceptors (Lipinski definition) is 5. The lowest BCUT2D eigenvalue weighted by Crippen LogP contribution is -2.43. The lowest BCUT2D eigenvalue weighted by molar-refractivity contribution is -0.120. The van der Waals surface area contributed by atoms with Crippen LogP contribution in [0.5, 0.6) is 5.75 Å². The van der Waals surface area contributed by atoms with Crippen LogP contribution in [0.2, 0.25) is 0 Å². The van der Waals surface area contributed by atoms with Gasteiger partial charge in [0.25, 0.3) is 5.91 Å². The molecule has 0 radical (unpaired) electrons. The zero-order valence-corrected chi connectivity index (χ0v) is 18.4. The summed E-state index contributed by atoms with van der Waals surface area (Å²) in [5, 5.41) is 5.63. The Morgan fingerprint density at radius 3 is 2.26 bits per heavy atom. The maximum atomic E-state index is 12.6. The lowest BCUT2D eigenvalue weighted by atomic mass is 9.98. The fraction of sp³-hybridized carbons (Fsp3) is 0.364. The Bertz CT molecular complexity index is 1020. The van der Waals surface area contributed by atoms with E-state index in [4.69, 9.17) is 4.74 Å². The Labute approximate surface area is 182 Å². The molecule has 2 aromatic rings. The molecule has 31 heavy (non-hydrogen) atoms. The Balaban J connectivity index is 1.57. The van der Waals surface area contributed by atoms with Crippen molar-refractivity contribution in [3.05, 3.63) is 54.1 Å². The number of amides is 2. The molecule has 1 unspecified atom stereocenters. The number of ether oxygens (including phenoxy) is 1. The van der Waals surface area contributed by atoms with E-state index in [1.807, 2.05) is 6.92 Å². The van der Waals surface area contributed by atoms with Gasteiger partial charge in [-0.2, -0.15) is 0 Å². The van der Waals surface area contributed by atoms with Crippen LogP contribution in [-0.4, -0.2) is 50.5 Å². The van der Waals surface area contributed by atoms with E-state index in [2.05, 4.69) is 10.6 Å². The first-order valence-corrected chi connectivity index (χ1v) is 12.0. The van der Waals surface area contributed by atoms with Gasteiger partial charge >= 0.3 is 0 Å². The van der Waals surface area contributed by atoms with Crippen LogP contribution in [0, 0.1) is 5.92 Å². The van der Waals surface area contributed by atoms with E-state index in [0.29, 0.717) is 42.9 Å². The van der Waals surface area contributed by atoms with E-state index in [9.17, 15) is 18.0 Å². The van der Waals surface area contributed by atoms with Gasteiger partial charge in [0, 0.05) is 30.0 Å². The molecule has 1 saturated heterocycles. The average molecular weight is 446 g/mol. The van der Waals surface area contributed by atoms with Crippen molar-refractivity contribution in [1.82, 2.24) is 4.31 Å². The highest BCUT2D eigenvalue weighted by molar-refractivity contribution is 7.88. The van der Waals surface area contributed by atoms with E-state index in [-0.39, 0.29) is 18.4 Å². The Hall–Kier alpha value is -2.91. The molecule has 0 aromatic heterocycles. The SMILES string of the molecule is CCOc1ccc(NC(=O)c2ccc(NC(=O)C3CCCN(S(C)(=O)=O)C3)cc2)cc1. The first kappa shape index (κ1) is 22.8. The van der Waals surface area contributed by atoms with Crippen molar-refractivity contribution in [2.75, 3.05) is 36.6 Å². The second kappa shape index (κ2) is 9.93. The number of benzene rings is 2. The molecule has 0 bridgehead atoms. The fourth-order valence-electron chi connectivity index (χ4n) is 3.41. The molecule has 2 aromatic carbocycles. The second-order valence-electron chi connectivity index (χ2n) is 7.44. The third-order valence-electron chi connectivity index (χ3n) is 5.06. The summed E-state index contributed by atoms with van der Waals surface area (Å²) in [6.45, 7) is 3.11. The van der Waals surface area contributed by atoms with E-state index in [0.717, 1.165) is 12.0 Å². The van der Waals surface area contributed by atoms with Gasteiger partial charge in [-0.25, -0.2) is 12.7 Å². The maximum Gasteiger partial charge on any atom is 0.255 e. The van der Waals surface area contributed by atoms with Crippen molar-refractivity contribution < 1.29 is 22.7 Å². The summed E-state index contributed by atoms with van der Waals surface area (Å²) in [6.07, 6.45) is 2.45. The van der Waals surface area contributed by atoms with Gasteiger partial charge in [0.05, 0.1) is 18.8 Å². The molecule has 1 heterocycles. The summed E-state index contributed by atoms with van der Waals surface area (Å²) < 4.78 is 30.2. The average Bonchev–Trinajstić information content (AvgIpc) is 2.75.